The molecule has 0 aliphatic carbocycles. The molecule has 0 radical (unpaired) electrons. The lowest BCUT2D eigenvalue weighted by atomic mass is 9.99. The van der Waals surface area contributed by atoms with E-state index in [9.17, 15) is 14.0 Å². The van der Waals surface area contributed by atoms with Crippen LogP contribution in [0.25, 0.3) is 5.82 Å². The average molecular weight is 442 g/mol. The van der Waals surface area contributed by atoms with Crippen molar-refractivity contribution in [1.29, 1.82) is 0 Å². The predicted octanol–water partition coefficient (Wildman–Crippen LogP) is 3.96. The molecule has 3 aromatic rings. The number of fused-ring (bicyclic) bond motifs is 1. The smallest absolute Gasteiger partial charge is 0.410 e. The van der Waals surface area contributed by atoms with Gasteiger partial charge in [-0.05, 0) is 52.3 Å². The van der Waals surface area contributed by atoms with Crippen LogP contribution in [0.2, 0.25) is 0 Å². The predicted molar refractivity (Wildman–Crippen MR) is 117 cm³/mol. The van der Waals surface area contributed by atoms with Crippen molar-refractivity contribution in [1.82, 2.24) is 24.2 Å². The Balaban J connectivity index is 1.82. The largest absolute Gasteiger partial charge is 0.444 e. The van der Waals surface area contributed by atoms with Gasteiger partial charge in [0.25, 0.3) is 0 Å². The number of ether oxygens (including phenoxy) is 1. The van der Waals surface area contributed by atoms with E-state index in [1.54, 1.807) is 34.1 Å². The van der Waals surface area contributed by atoms with Gasteiger partial charge in [0.2, 0.25) is 0 Å². The lowest BCUT2D eigenvalue weighted by Gasteiger charge is -2.35. The summed E-state index contributed by atoms with van der Waals surface area (Å²) in [7, 11) is 0. The number of rotatable bonds is 3. The number of hydrogen-bond donors (Lipinski definition) is 1. The number of aromatic amines is 1. The van der Waals surface area contributed by atoms with Gasteiger partial charge >= 0.3 is 11.8 Å². The fourth-order valence-corrected chi connectivity index (χ4v) is 4.12. The minimum Gasteiger partial charge on any atom is -0.444 e. The van der Waals surface area contributed by atoms with E-state index in [1.807, 2.05) is 34.6 Å². The Kier molecular flexibility index (Phi) is 5.44. The normalized spacial score (nSPS) is 17.2. The summed E-state index contributed by atoms with van der Waals surface area (Å²) in [6.07, 6.45) is 3.34. The van der Waals surface area contributed by atoms with Crippen LogP contribution in [-0.2, 0) is 11.2 Å². The van der Waals surface area contributed by atoms with Crippen molar-refractivity contribution in [2.75, 3.05) is 6.54 Å². The average Bonchev–Trinajstić information content (AvgIpc) is 3.30. The molecule has 1 N–H and O–H groups in total. The van der Waals surface area contributed by atoms with Crippen LogP contribution >= 0.6 is 0 Å². The van der Waals surface area contributed by atoms with Gasteiger partial charge in [0.1, 0.15) is 17.2 Å². The van der Waals surface area contributed by atoms with Gasteiger partial charge in [0.15, 0.2) is 0 Å². The summed E-state index contributed by atoms with van der Waals surface area (Å²) in [5.41, 5.74) is 1.57. The van der Waals surface area contributed by atoms with Gasteiger partial charge in [0, 0.05) is 30.9 Å². The van der Waals surface area contributed by atoms with E-state index >= 15 is 0 Å². The quantitative estimate of drug-likeness (QED) is 0.667. The van der Waals surface area contributed by atoms with E-state index in [0.29, 0.717) is 18.8 Å². The lowest BCUT2D eigenvalue weighted by molar-refractivity contribution is 0.0159. The van der Waals surface area contributed by atoms with E-state index in [4.69, 9.17) is 9.84 Å². The second-order valence-electron chi connectivity index (χ2n) is 9.09. The molecule has 0 fully saturated rings. The number of imidazole rings is 1. The molecule has 1 aliphatic rings. The van der Waals surface area contributed by atoms with Crippen molar-refractivity contribution in [3.8, 4) is 5.82 Å². The molecule has 1 amide bonds. The third kappa shape index (κ3) is 3.94. The molecule has 1 aromatic carbocycles. The molecule has 2 aromatic heterocycles. The van der Waals surface area contributed by atoms with Gasteiger partial charge in [-0.3, -0.25) is 4.57 Å². The monoisotopic (exact) mass is 441 g/mol. The molecule has 1 unspecified atom stereocenters. The number of aromatic nitrogens is 4. The summed E-state index contributed by atoms with van der Waals surface area (Å²) in [6.45, 7) is 9.82. The molecule has 0 saturated carbocycles. The van der Waals surface area contributed by atoms with Crippen LogP contribution in [-0.4, -0.2) is 42.5 Å². The molecule has 0 spiro atoms. The molecule has 0 bridgehead atoms. The molecule has 4 rings (SSSR count). The second-order valence-corrected chi connectivity index (χ2v) is 9.09. The highest BCUT2D eigenvalue weighted by molar-refractivity contribution is 5.70. The molecule has 170 valence electrons. The van der Waals surface area contributed by atoms with Crippen LogP contribution < -0.4 is 5.69 Å². The van der Waals surface area contributed by atoms with Gasteiger partial charge in [-0.2, -0.15) is 5.10 Å². The fraction of sp³-hybridized carbons (Fsp3) is 0.435. The molecule has 3 heterocycles. The summed E-state index contributed by atoms with van der Waals surface area (Å²) in [6, 6.07) is 5.62. The van der Waals surface area contributed by atoms with Crippen molar-refractivity contribution in [3.63, 3.8) is 0 Å². The zero-order valence-electron chi connectivity index (χ0n) is 18.9. The molecule has 8 nitrogen and oxygen atoms in total. The van der Waals surface area contributed by atoms with Crippen molar-refractivity contribution in [3.05, 3.63) is 69.8 Å². The van der Waals surface area contributed by atoms with Crippen LogP contribution in [0.5, 0.6) is 0 Å². The Morgan fingerprint density at radius 1 is 1.28 bits per heavy atom. The molecule has 32 heavy (non-hydrogen) atoms. The Morgan fingerprint density at radius 3 is 2.56 bits per heavy atom. The number of H-pyrrole nitrogens is 1. The first-order chi connectivity index (χ1) is 15.1. The van der Waals surface area contributed by atoms with Crippen molar-refractivity contribution in [2.45, 2.75) is 58.7 Å². The molecule has 1 aliphatic heterocycles. The Bertz CT molecular complexity index is 1190. The minimum atomic E-state index is -0.612. The molecule has 2 atom stereocenters. The molecular formula is C23H28FN5O3. The van der Waals surface area contributed by atoms with Gasteiger partial charge < -0.3 is 14.6 Å². The van der Waals surface area contributed by atoms with Gasteiger partial charge in [-0.1, -0.05) is 12.1 Å². The number of carbonyl (C=O) groups is 1. The molecule has 9 heteroatoms. The molecule has 0 saturated heterocycles. The third-order valence-corrected chi connectivity index (χ3v) is 5.70. The highest BCUT2D eigenvalue weighted by atomic mass is 19.1. The number of amides is 1. The van der Waals surface area contributed by atoms with E-state index in [-0.39, 0.29) is 23.6 Å². The zero-order valence-corrected chi connectivity index (χ0v) is 18.9. The zero-order chi connectivity index (χ0) is 23.2. The standard InChI is InChI=1S/C23H28FN5O3/c1-14(16-6-8-17(24)9-7-16)29-20(28-13-11-25-21(28)30)19-15(2)27(12-10-18(19)26-29)22(31)32-23(3,4)5/h6-9,11,13-15H,10,12H2,1-5H3,(H,25,30)/t14?,15-/m0/s1. The van der Waals surface area contributed by atoms with E-state index < -0.39 is 11.7 Å². The third-order valence-electron chi connectivity index (χ3n) is 5.70. The highest BCUT2D eigenvalue weighted by Gasteiger charge is 2.37. The van der Waals surface area contributed by atoms with Gasteiger partial charge in [-0.25, -0.2) is 18.7 Å². The lowest BCUT2D eigenvalue weighted by Crippen LogP contribution is -2.42. The van der Waals surface area contributed by atoms with Gasteiger partial charge in [-0.15, -0.1) is 0 Å². The molecular weight excluding hydrogens is 413 g/mol. The van der Waals surface area contributed by atoms with Crippen LogP contribution in [0.15, 0.2) is 41.5 Å². The Hall–Kier alpha value is -3.36. The van der Waals surface area contributed by atoms with Crippen molar-refractivity contribution in [2.24, 2.45) is 0 Å². The SMILES string of the molecule is CC(c1ccc(F)cc1)n1nc2c(c1-n1cc[nH]c1=O)[C@H](C)N(C(=O)OC(C)(C)C)CC2. The maximum atomic E-state index is 13.5. The number of halogens is 1. The summed E-state index contributed by atoms with van der Waals surface area (Å²) in [4.78, 5) is 29.8. The van der Waals surface area contributed by atoms with Crippen LogP contribution in [0.1, 0.15) is 63.5 Å². The van der Waals surface area contributed by atoms with Crippen molar-refractivity contribution < 1.29 is 13.9 Å². The van der Waals surface area contributed by atoms with E-state index in [1.165, 1.54) is 16.7 Å². The van der Waals surface area contributed by atoms with Crippen LogP contribution in [0.4, 0.5) is 9.18 Å². The maximum absolute atomic E-state index is 13.5. The minimum absolute atomic E-state index is 0.264. The second kappa shape index (κ2) is 7.96. The number of hydrogen-bond acceptors (Lipinski definition) is 4. The fourth-order valence-electron chi connectivity index (χ4n) is 4.12. The number of carbonyl (C=O) groups excluding carboxylic acids is 1. The Morgan fingerprint density at radius 2 is 1.97 bits per heavy atom. The number of benzene rings is 1. The summed E-state index contributed by atoms with van der Waals surface area (Å²) >= 11 is 0. The first-order valence-corrected chi connectivity index (χ1v) is 10.7. The summed E-state index contributed by atoms with van der Waals surface area (Å²) in [5.74, 6) is 0.272. The number of nitrogens with one attached hydrogen (secondary N) is 1. The van der Waals surface area contributed by atoms with Crippen LogP contribution in [0.3, 0.4) is 0 Å². The Labute approximate surface area is 185 Å². The summed E-state index contributed by atoms with van der Waals surface area (Å²) in [5, 5.41) is 4.84. The topological polar surface area (TPSA) is 85.2 Å². The van der Waals surface area contributed by atoms with Gasteiger partial charge in [0.05, 0.1) is 17.8 Å². The highest BCUT2D eigenvalue weighted by Crippen LogP contribution is 2.36. The first kappa shape index (κ1) is 21.9. The van der Waals surface area contributed by atoms with Crippen LogP contribution in [0, 0.1) is 5.82 Å². The van der Waals surface area contributed by atoms with Crippen molar-refractivity contribution >= 4 is 6.09 Å². The van der Waals surface area contributed by atoms with E-state index in [2.05, 4.69) is 4.98 Å². The first-order valence-electron chi connectivity index (χ1n) is 10.7. The van der Waals surface area contributed by atoms with E-state index in [0.717, 1.165) is 16.8 Å². The summed E-state index contributed by atoms with van der Waals surface area (Å²) < 4.78 is 22.3. The maximum Gasteiger partial charge on any atom is 0.410 e. The number of nitrogens with zero attached hydrogens (tertiary/aromatic N) is 4.